The van der Waals surface area contributed by atoms with Crippen molar-refractivity contribution in [1.82, 2.24) is 30.3 Å². The lowest BCUT2D eigenvalue weighted by molar-refractivity contribution is -0.122. The summed E-state index contributed by atoms with van der Waals surface area (Å²) in [6, 6.07) is 9.56. The van der Waals surface area contributed by atoms with Gasteiger partial charge in [0.25, 0.3) is 5.91 Å². The molecule has 1 aliphatic rings. The van der Waals surface area contributed by atoms with Gasteiger partial charge in [-0.05, 0) is 63.8 Å². The molecular formula is C23H28N6O3. The molecule has 1 saturated heterocycles. The highest BCUT2D eigenvalue weighted by atomic mass is 16.6. The number of hydrogen-bond acceptors (Lipinski definition) is 6. The molecule has 0 spiro atoms. The van der Waals surface area contributed by atoms with E-state index in [0.29, 0.717) is 43.0 Å². The van der Waals surface area contributed by atoms with Crippen LogP contribution in [0.2, 0.25) is 0 Å². The highest BCUT2D eigenvalue weighted by Crippen LogP contribution is 2.22. The fourth-order valence-corrected chi connectivity index (χ4v) is 4.19. The van der Waals surface area contributed by atoms with Gasteiger partial charge in [0.2, 0.25) is 5.91 Å². The molecule has 32 heavy (non-hydrogen) atoms. The Kier molecular flexibility index (Phi) is 6.34. The van der Waals surface area contributed by atoms with Gasteiger partial charge in [-0.1, -0.05) is 16.4 Å². The van der Waals surface area contributed by atoms with Crippen LogP contribution < -0.4 is 5.32 Å². The normalized spacial score (nSPS) is 16.2. The van der Waals surface area contributed by atoms with E-state index in [2.05, 4.69) is 25.4 Å². The van der Waals surface area contributed by atoms with E-state index in [9.17, 15) is 9.59 Å². The highest BCUT2D eigenvalue weighted by Gasteiger charge is 2.26. The predicted molar refractivity (Wildman–Crippen MR) is 117 cm³/mol. The van der Waals surface area contributed by atoms with Gasteiger partial charge in [0.05, 0.1) is 17.9 Å². The van der Waals surface area contributed by atoms with Crippen molar-refractivity contribution in [2.24, 2.45) is 5.92 Å². The Hall–Kier alpha value is -3.49. The van der Waals surface area contributed by atoms with Gasteiger partial charge in [-0.15, -0.1) is 0 Å². The van der Waals surface area contributed by atoms with Crippen LogP contribution in [-0.2, 0) is 11.3 Å². The number of piperidine rings is 1. The molecule has 0 saturated carbocycles. The molecule has 2 aromatic heterocycles. The Balaban J connectivity index is 1.37. The smallest absolute Gasteiger partial charge is 0.253 e. The van der Waals surface area contributed by atoms with Gasteiger partial charge in [0.15, 0.2) is 0 Å². The molecule has 0 aliphatic carbocycles. The molecule has 0 radical (unpaired) electrons. The van der Waals surface area contributed by atoms with Gasteiger partial charge in [-0.2, -0.15) is 5.10 Å². The zero-order valence-corrected chi connectivity index (χ0v) is 18.7. The van der Waals surface area contributed by atoms with Crippen molar-refractivity contribution in [3.8, 4) is 5.69 Å². The van der Waals surface area contributed by atoms with E-state index < -0.39 is 0 Å². The molecule has 1 unspecified atom stereocenters. The topological polar surface area (TPSA) is 106 Å². The van der Waals surface area contributed by atoms with Crippen LogP contribution >= 0.6 is 0 Å². The first-order valence-corrected chi connectivity index (χ1v) is 10.9. The lowest BCUT2D eigenvalue weighted by Gasteiger charge is -2.32. The van der Waals surface area contributed by atoms with Gasteiger partial charge in [0, 0.05) is 30.8 Å². The lowest BCUT2D eigenvalue weighted by Crippen LogP contribution is -2.41. The Bertz CT molecular complexity index is 1120. The van der Waals surface area contributed by atoms with E-state index in [4.69, 9.17) is 0 Å². The first-order valence-electron chi connectivity index (χ1n) is 10.9. The molecular weight excluding hydrogens is 408 g/mol. The summed E-state index contributed by atoms with van der Waals surface area (Å²) in [5.41, 5.74) is 4.75. The molecule has 1 aromatic carbocycles. The number of carbonyl (C=O) groups is 2. The number of nitrogens with zero attached hydrogens (tertiary/aromatic N) is 5. The van der Waals surface area contributed by atoms with Crippen molar-refractivity contribution in [2.45, 2.75) is 46.6 Å². The second-order valence-corrected chi connectivity index (χ2v) is 8.43. The first kappa shape index (κ1) is 21.7. The van der Waals surface area contributed by atoms with Crippen LogP contribution in [0.15, 0.2) is 35.0 Å². The van der Waals surface area contributed by atoms with Crippen molar-refractivity contribution in [1.29, 1.82) is 0 Å². The highest BCUT2D eigenvalue weighted by molar-refractivity contribution is 5.94. The monoisotopic (exact) mass is 436 g/mol. The fraction of sp³-hybridized carbons (Fsp3) is 0.435. The second kappa shape index (κ2) is 9.33. The third kappa shape index (κ3) is 4.87. The van der Waals surface area contributed by atoms with E-state index >= 15 is 0 Å². The SMILES string of the molecule is Cc1cc(C)n(-c2cccc(C(=O)N3CCCC(CC(=O)NCc4nonc4C)C3)c2)n1. The van der Waals surface area contributed by atoms with Crippen LogP contribution in [-0.4, -0.2) is 49.9 Å². The molecule has 3 heterocycles. The number of rotatable bonds is 6. The van der Waals surface area contributed by atoms with Crippen LogP contribution in [0.1, 0.15) is 52.4 Å². The number of carbonyl (C=O) groups excluding carboxylic acids is 2. The minimum absolute atomic E-state index is 0.0113. The molecule has 0 bridgehead atoms. The Labute approximate surface area is 186 Å². The summed E-state index contributed by atoms with van der Waals surface area (Å²) in [5.74, 6) is 0.0597. The van der Waals surface area contributed by atoms with Crippen LogP contribution in [0.4, 0.5) is 0 Å². The standard InChI is InChI=1S/C23H28N6O3/c1-15-10-16(2)29(25-15)20-8-4-7-19(12-20)23(31)28-9-5-6-18(14-28)11-22(30)24-13-21-17(3)26-32-27-21/h4,7-8,10,12,18H,5-6,9,11,13-14H2,1-3H3,(H,24,30). The van der Waals surface area contributed by atoms with Crippen molar-refractivity contribution >= 4 is 11.8 Å². The maximum absolute atomic E-state index is 13.2. The van der Waals surface area contributed by atoms with Crippen molar-refractivity contribution in [2.75, 3.05) is 13.1 Å². The Morgan fingerprint density at radius 3 is 2.75 bits per heavy atom. The van der Waals surface area contributed by atoms with E-state index in [0.717, 1.165) is 29.9 Å². The number of likely N-dealkylation sites (tertiary alicyclic amines) is 1. The number of benzene rings is 1. The number of hydrogen-bond donors (Lipinski definition) is 1. The molecule has 1 N–H and O–H groups in total. The van der Waals surface area contributed by atoms with Crippen LogP contribution in [0.5, 0.6) is 0 Å². The van der Waals surface area contributed by atoms with Gasteiger partial charge >= 0.3 is 0 Å². The fourth-order valence-electron chi connectivity index (χ4n) is 4.19. The van der Waals surface area contributed by atoms with E-state index in [1.54, 1.807) is 6.92 Å². The van der Waals surface area contributed by atoms with Gasteiger partial charge < -0.3 is 10.2 Å². The third-order valence-electron chi connectivity index (χ3n) is 5.83. The number of aromatic nitrogens is 4. The molecule has 168 valence electrons. The summed E-state index contributed by atoms with van der Waals surface area (Å²) in [6.45, 7) is 7.29. The third-order valence-corrected chi connectivity index (χ3v) is 5.83. The van der Waals surface area contributed by atoms with Gasteiger partial charge in [0.1, 0.15) is 11.4 Å². The van der Waals surface area contributed by atoms with E-state index in [1.165, 1.54) is 0 Å². The van der Waals surface area contributed by atoms with Crippen LogP contribution in [0.3, 0.4) is 0 Å². The number of amides is 2. The summed E-state index contributed by atoms with van der Waals surface area (Å²) in [5, 5.41) is 14.9. The van der Waals surface area contributed by atoms with Gasteiger partial charge in [-0.25, -0.2) is 9.31 Å². The molecule has 3 aromatic rings. The zero-order valence-electron chi connectivity index (χ0n) is 18.7. The van der Waals surface area contributed by atoms with Crippen LogP contribution in [0.25, 0.3) is 5.69 Å². The van der Waals surface area contributed by atoms with Crippen LogP contribution in [0, 0.1) is 26.7 Å². The van der Waals surface area contributed by atoms with E-state index in [-0.39, 0.29) is 17.7 Å². The summed E-state index contributed by atoms with van der Waals surface area (Å²) < 4.78 is 6.50. The Morgan fingerprint density at radius 1 is 1.19 bits per heavy atom. The molecule has 9 heteroatoms. The summed E-state index contributed by atoms with van der Waals surface area (Å²) in [7, 11) is 0. The number of aryl methyl sites for hydroxylation is 3. The minimum atomic E-state index is -0.0572. The zero-order chi connectivity index (χ0) is 22.7. The summed E-state index contributed by atoms with van der Waals surface area (Å²) >= 11 is 0. The van der Waals surface area contributed by atoms with Crippen molar-refractivity contribution in [3.05, 3.63) is 58.7 Å². The largest absolute Gasteiger partial charge is 0.350 e. The Morgan fingerprint density at radius 2 is 2.03 bits per heavy atom. The van der Waals surface area contributed by atoms with E-state index in [1.807, 2.05) is 53.8 Å². The average Bonchev–Trinajstić information content (AvgIpc) is 3.35. The molecule has 9 nitrogen and oxygen atoms in total. The maximum Gasteiger partial charge on any atom is 0.253 e. The molecule has 1 aliphatic heterocycles. The average molecular weight is 437 g/mol. The molecule has 1 atom stereocenters. The second-order valence-electron chi connectivity index (χ2n) is 8.43. The first-order chi connectivity index (χ1) is 15.4. The minimum Gasteiger partial charge on any atom is -0.350 e. The maximum atomic E-state index is 13.2. The van der Waals surface area contributed by atoms with Crippen molar-refractivity contribution < 1.29 is 14.2 Å². The summed E-state index contributed by atoms with van der Waals surface area (Å²) in [4.78, 5) is 27.4. The molecule has 1 fully saturated rings. The van der Waals surface area contributed by atoms with Gasteiger partial charge in [-0.3, -0.25) is 9.59 Å². The molecule has 4 rings (SSSR count). The molecule has 2 amide bonds. The predicted octanol–water partition coefficient (Wildman–Crippen LogP) is 2.74. The number of nitrogens with one attached hydrogen (secondary N) is 1. The summed E-state index contributed by atoms with van der Waals surface area (Å²) in [6.07, 6.45) is 2.18. The van der Waals surface area contributed by atoms with Crippen molar-refractivity contribution in [3.63, 3.8) is 0 Å². The lowest BCUT2D eigenvalue weighted by atomic mass is 9.94. The quantitative estimate of drug-likeness (QED) is 0.637.